The van der Waals surface area contributed by atoms with Crippen LogP contribution in [0.15, 0.2) is 0 Å². The van der Waals surface area contributed by atoms with Crippen molar-refractivity contribution in [2.45, 2.75) is 47.1 Å². The first kappa shape index (κ1) is 13.9. The Bertz CT molecular complexity index is 125. The molecule has 1 atom stereocenters. The molecule has 1 aliphatic heterocycles. The van der Waals surface area contributed by atoms with Crippen LogP contribution in [0.25, 0.3) is 0 Å². The second-order valence-electron chi connectivity index (χ2n) is 3.78. The predicted molar refractivity (Wildman–Crippen MR) is 64.8 cm³/mol. The summed E-state index contributed by atoms with van der Waals surface area (Å²) >= 11 is 0. The van der Waals surface area contributed by atoms with E-state index in [1.165, 1.54) is 39.1 Å². The van der Waals surface area contributed by atoms with Crippen molar-refractivity contribution < 1.29 is 0 Å². The molecular weight excluding hydrogens is 172 g/mol. The van der Waals surface area contributed by atoms with Crippen molar-refractivity contribution in [3.63, 3.8) is 0 Å². The van der Waals surface area contributed by atoms with E-state index in [9.17, 15) is 0 Å². The maximum atomic E-state index is 2.60. The fourth-order valence-corrected chi connectivity index (χ4v) is 1.98. The average molecular weight is 200 g/mol. The van der Waals surface area contributed by atoms with Gasteiger partial charge in [0.25, 0.3) is 0 Å². The topological polar surface area (TPSA) is 6.48 Å². The number of nitrogens with zero attached hydrogens (tertiary/aromatic N) is 2. The Labute approximate surface area is 90.3 Å². The van der Waals surface area contributed by atoms with Crippen LogP contribution in [0.5, 0.6) is 0 Å². The average Bonchev–Trinajstić information content (AvgIpc) is 2.24. The van der Waals surface area contributed by atoms with Crippen LogP contribution in [-0.4, -0.2) is 48.6 Å². The summed E-state index contributed by atoms with van der Waals surface area (Å²) in [6, 6.07) is 0.763. The Kier molecular flexibility index (Phi) is 8.20. The molecule has 0 amide bonds. The minimum atomic E-state index is 0.763. The molecule has 86 valence electrons. The third-order valence-corrected chi connectivity index (χ3v) is 2.81. The van der Waals surface area contributed by atoms with Crippen molar-refractivity contribution in [3.05, 3.63) is 0 Å². The van der Waals surface area contributed by atoms with Crippen molar-refractivity contribution in [1.29, 1.82) is 0 Å². The number of likely N-dealkylation sites (N-methyl/N-ethyl adjacent to an activating group) is 1. The molecule has 0 aliphatic carbocycles. The lowest BCUT2D eigenvalue weighted by Gasteiger charge is -2.39. The van der Waals surface area contributed by atoms with E-state index >= 15 is 0 Å². The van der Waals surface area contributed by atoms with Gasteiger partial charge in [-0.2, -0.15) is 0 Å². The first-order valence-electron chi connectivity index (χ1n) is 6.24. The molecule has 14 heavy (non-hydrogen) atoms. The van der Waals surface area contributed by atoms with E-state index < -0.39 is 0 Å². The van der Waals surface area contributed by atoms with Gasteiger partial charge in [0, 0.05) is 25.7 Å². The second-order valence-corrected chi connectivity index (χ2v) is 3.78. The quantitative estimate of drug-likeness (QED) is 0.690. The molecule has 0 aromatic heterocycles. The molecule has 0 saturated carbocycles. The Morgan fingerprint density at radius 2 is 1.79 bits per heavy atom. The lowest BCUT2D eigenvalue weighted by molar-refractivity contribution is 0.0873. The lowest BCUT2D eigenvalue weighted by Crippen LogP contribution is -2.51. The summed E-state index contributed by atoms with van der Waals surface area (Å²) in [6.07, 6.45) is 1.29. The van der Waals surface area contributed by atoms with Crippen LogP contribution in [0, 0.1) is 0 Å². The molecule has 0 aromatic carbocycles. The van der Waals surface area contributed by atoms with Gasteiger partial charge in [-0.1, -0.05) is 27.7 Å². The Morgan fingerprint density at radius 3 is 2.21 bits per heavy atom. The zero-order valence-corrected chi connectivity index (χ0v) is 10.7. The summed E-state index contributed by atoms with van der Waals surface area (Å²) in [5.74, 6) is 0. The van der Waals surface area contributed by atoms with Gasteiger partial charge in [-0.3, -0.25) is 4.90 Å². The molecule has 1 rings (SSSR count). The highest BCUT2D eigenvalue weighted by Gasteiger charge is 2.21. The van der Waals surface area contributed by atoms with Gasteiger partial charge in [0.15, 0.2) is 0 Å². The number of piperazine rings is 1. The summed E-state index contributed by atoms with van der Waals surface area (Å²) < 4.78 is 0. The van der Waals surface area contributed by atoms with Crippen molar-refractivity contribution >= 4 is 0 Å². The molecule has 0 spiro atoms. The van der Waals surface area contributed by atoms with E-state index in [0.29, 0.717) is 0 Å². The summed E-state index contributed by atoms with van der Waals surface area (Å²) in [6.45, 7) is 17.1. The van der Waals surface area contributed by atoms with Gasteiger partial charge >= 0.3 is 0 Å². The van der Waals surface area contributed by atoms with Gasteiger partial charge in [0.2, 0.25) is 0 Å². The van der Waals surface area contributed by atoms with E-state index in [2.05, 4.69) is 30.6 Å². The first-order valence-corrected chi connectivity index (χ1v) is 6.24. The van der Waals surface area contributed by atoms with Gasteiger partial charge in [0.05, 0.1) is 0 Å². The third kappa shape index (κ3) is 4.43. The minimum Gasteiger partial charge on any atom is -0.301 e. The molecule has 2 nitrogen and oxygen atoms in total. The third-order valence-electron chi connectivity index (χ3n) is 2.81. The highest BCUT2D eigenvalue weighted by atomic mass is 15.3. The number of hydrogen-bond acceptors (Lipinski definition) is 2. The molecule has 0 bridgehead atoms. The van der Waals surface area contributed by atoms with E-state index in [1.54, 1.807) is 0 Å². The zero-order valence-electron chi connectivity index (χ0n) is 10.7. The molecule has 1 saturated heterocycles. The van der Waals surface area contributed by atoms with Gasteiger partial charge < -0.3 is 4.90 Å². The largest absolute Gasteiger partial charge is 0.301 e. The van der Waals surface area contributed by atoms with Crippen molar-refractivity contribution in [3.8, 4) is 0 Å². The van der Waals surface area contributed by atoms with Crippen LogP contribution in [-0.2, 0) is 0 Å². The van der Waals surface area contributed by atoms with Crippen LogP contribution >= 0.6 is 0 Å². The molecule has 1 fully saturated rings. The zero-order chi connectivity index (χ0) is 11.0. The van der Waals surface area contributed by atoms with Crippen LogP contribution in [0.1, 0.15) is 41.0 Å². The first-order chi connectivity index (χ1) is 6.77. The van der Waals surface area contributed by atoms with Crippen molar-refractivity contribution in [2.24, 2.45) is 0 Å². The highest BCUT2D eigenvalue weighted by Crippen LogP contribution is 2.08. The number of rotatable bonds is 3. The predicted octanol–water partition coefficient (Wildman–Crippen LogP) is 2.45. The maximum Gasteiger partial charge on any atom is 0.0195 e. The molecule has 0 radical (unpaired) electrons. The summed E-state index contributed by atoms with van der Waals surface area (Å²) in [7, 11) is 0. The van der Waals surface area contributed by atoms with Gasteiger partial charge in [-0.25, -0.2) is 0 Å². The monoisotopic (exact) mass is 200 g/mol. The van der Waals surface area contributed by atoms with Crippen LogP contribution in [0.4, 0.5) is 0 Å². The lowest BCUT2D eigenvalue weighted by atomic mass is 10.2. The molecule has 1 aliphatic rings. The fraction of sp³-hybridized carbons (Fsp3) is 1.00. The van der Waals surface area contributed by atoms with E-state index in [0.717, 1.165) is 6.04 Å². The Hall–Kier alpha value is -0.0800. The van der Waals surface area contributed by atoms with Crippen LogP contribution < -0.4 is 0 Å². The van der Waals surface area contributed by atoms with E-state index in [4.69, 9.17) is 0 Å². The van der Waals surface area contributed by atoms with Gasteiger partial charge in [-0.05, 0) is 26.4 Å². The van der Waals surface area contributed by atoms with E-state index in [1.807, 2.05) is 13.8 Å². The number of hydrogen-bond donors (Lipinski definition) is 0. The highest BCUT2D eigenvalue weighted by molar-refractivity contribution is 4.77. The maximum absolute atomic E-state index is 2.60. The molecule has 0 aromatic rings. The normalized spacial score (nSPS) is 24.2. The molecule has 1 unspecified atom stereocenters. The standard InChI is InChI=1S/C10H22N2.C2H6/c1-4-6-12-8-7-11(5-2)9-10(12)3;1-2/h10H,4-9H2,1-3H3;1-2H3. The van der Waals surface area contributed by atoms with Gasteiger partial charge in [-0.15, -0.1) is 0 Å². The summed E-state index contributed by atoms with van der Waals surface area (Å²) in [5.41, 5.74) is 0. The molecule has 1 heterocycles. The van der Waals surface area contributed by atoms with Crippen LogP contribution in [0.2, 0.25) is 0 Å². The fourth-order valence-electron chi connectivity index (χ4n) is 1.98. The second kappa shape index (κ2) is 8.25. The van der Waals surface area contributed by atoms with E-state index in [-0.39, 0.29) is 0 Å². The molecular formula is C12H28N2. The van der Waals surface area contributed by atoms with Crippen LogP contribution in [0.3, 0.4) is 0 Å². The van der Waals surface area contributed by atoms with Crippen molar-refractivity contribution in [1.82, 2.24) is 9.80 Å². The molecule has 0 N–H and O–H groups in total. The Balaban J connectivity index is 0.000000791. The van der Waals surface area contributed by atoms with Crippen molar-refractivity contribution in [2.75, 3.05) is 32.7 Å². The molecule has 2 heteroatoms. The Morgan fingerprint density at radius 1 is 1.14 bits per heavy atom. The summed E-state index contributed by atoms with van der Waals surface area (Å²) in [5, 5.41) is 0. The summed E-state index contributed by atoms with van der Waals surface area (Å²) in [4.78, 5) is 5.14. The minimum absolute atomic E-state index is 0.763. The SMILES string of the molecule is CC.CCCN1CCN(CC)CC1C. The smallest absolute Gasteiger partial charge is 0.0195 e. The van der Waals surface area contributed by atoms with Gasteiger partial charge in [0.1, 0.15) is 0 Å².